The third-order valence-electron chi connectivity index (χ3n) is 1.06. The summed E-state index contributed by atoms with van der Waals surface area (Å²) in [5.74, 6) is -1.52. The molecule has 0 saturated heterocycles. The first-order chi connectivity index (χ1) is 5.50. The Morgan fingerprint density at radius 1 is 1.33 bits per heavy atom. The highest BCUT2D eigenvalue weighted by molar-refractivity contribution is 6.36. The van der Waals surface area contributed by atoms with Crippen molar-refractivity contribution in [1.82, 2.24) is 0 Å². The summed E-state index contributed by atoms with van der Waals surface area (Å²) in [6.45, 7) is 9.94. The van der Waals surface area contributed by atoms with E-state index in [2.05, 4.69) is 24.5 Å². The van der Waals surface area contributed by atoms with Crippen LogP contribution < -0.4 is 0 Å². The summed E-state index contributed by atoms with van der Waals surface area (Å²) in [4.78, 5) is 11.0. The lowest BCUT2D eigenvalue weighted by Gasteiger charge is -2.10. The maximum absolute atomic E-state index is 11.0. The molecule has 0 aromatic rings. The Morgan fingerprint density at radius 3 is 2.00 bits per heavy atom. The minimum absolute atomic E-state index is 0.0712. The van der Waals surface area contributed by atoms with Gasteiger partial charge < -0.3 is 4.74 Å². The van der Waals surface area contributed by atoms with Gasteiger partial charge in [-0.3, -0.25) is 4.79 Å². The van der Waals surface area contributed by atoms with Crippen LogP contribution in [0.3, 0.4) is 0 Å². The van der Waals surface area contributed by atoms with E-state index in [4.69, 9.17) is 23.2 Å². The average Bonchev–Trinajstić information content (AvgIpc) is 1.85. The van der Waals surface area contributed by atoms with Crippen LogP contribution in [-0.2, 0) is 9.53 Å². The molecule has 0 radical (unpaired) electrons. The molecule has 4 heteroatoms. The van der Waals surface area contributed by atoms with E-state index >= 15 is 0 Å². The Kier molecular flexibility index (Phi) is 4.71. The van der Waals surface area contributed by atoms with Gasteiger partial charge in [0.15, 0.2) is 0 Å². The summed E-state index contributed by atoms with van der Waals surface area (Å²) in [5.41, 5.74) is 0. The smallest absolute Gasteiger partial charge is 0.324 e. The van der Waals surface area contributed by atoms with Crippen molar-refractivity contribution < 1.29 is 9.53 Å². The molecule has 0 aromatic heterocycles. The van der Waals surface area contributed by atoms with Crippen molar-refractivity contribution in [3.63, 3.8) is 0 Å². The van der Waals surface area contributed by atoms with Gasteiger partial charge in [0.05, 0.1) is 6.26 Å². The van der Waals surface area contributed by atoms with Gasteiger partial charge in [0.2, 0.25) is 0 Å². The number of hydrogen-bond acceptors (Lipinski definition) is 2. The number of carbonyl (C=O) groups is 1. The van der Waals surface area contributed by atoms with Gasteiger partial charge >= 0.3 is 5.97 Å². The summed E-state index contributed by atoms with van der Waals surface area (Å²) < 4.78 is 4.46. The molecule has 0 aliphatic heterocycles. The number of rotatable bonds is 4. The lowest BCUT2D eigenvalue weighted by Crippen LogP contribution is -2.15. The molecular weight excluding hydrogens is 199 g/mol. The molecular formula is C8H8Cl2O2. The summed E-state index contributed by atoms with van der Waals surface area (Å²) >= 11 is 11.0. The highest BCUT2D eigenvalue weighted by atomic mass is 35.5. The second kappa shape index (κ2) is 5.01. The van der Waals surface area contributed by atoms with Crippen LogP contribution >= 0.6 is 23.2 Å². The quantitative estimate of drug-likeness (QED) is 0.523. The van der Waals surface area contributed by atoms with Crippen molar-refractivity contribution in [3.05, 3.63) is 36.1 Å². The van der Waals surface area contributed by atoms with Gasteiger partial charge in [0, 0.05) is 10.1 Å². The first-order valence-corrected chi connectivity index (χ1v) is 3.76. The average molecular weight is 207 g/mol. The fraction of sp³-hybridized carbons (Fsp3) is 0.125. The molecule has 0 heterocycles. The molecule has 0 atom stereocenters. The standard InChI is InChI=1S/C8H8Cl2O2/c1-4-12-8(11)7(5(2)9)6(3)10/h4,7H,1-3H2. The molecule has 2 nitrogen and oxygen atoms in total. The van der Waals surface area contributed by atoms with Crippen LogP contribution in [-0.4, -0.2) is 5.97 Å². The molecule has 0 aliphatic carbocycles. The Morgan fingerprint density at radius 2 is 1.75 bits per heavy atom. The molecule has 0 N–H and O–H groups in total. The van der Waals surface area contributed by atoms with Crippen LogP contribution in [0.5, 0.6) is 0 Å². The molecule has 66 valence electrons. The number of carbonyl (C=O) groups excluding carboxylic acids is 1. The SMILES string of the molecule is C=COC(=O)C(C(=C)Cl)C(=C)Cl. The number of esters is 1. The van der Waals surface area contributed by atoms with Crippen molar-refractivity contribution in [2.45, 2.75) is 0 Å². The monoisotopic (exact) mass is 206 g/mol. The van der Waals surface area contributed by atoms with Gasteiger partial charge in [-0.25, -0.2) is 0 Å². The largest absolute Gasteiger partial charge is 0.434 e. The van der Waals surface area contributed by atoms with Crippen LogP contribution in [0.4, 0.5) is 0 Å². The lowest BCUT2D eigenvalue weighted by molar-refractivity contribution is -0.139. The molecule has 0 bridgehead atoms. The normalized spacial score (nSPS) is 9.25. The van der Waals surface area contributed by atoms with E-state index in [9.17, 15) is 4.79 Å². The van der Waals surface area contributed by atoms with Crippen molar-refractivity contribution >= 4 is 29.2 Å². The van der Waals surface area contributed by atoms with E-state index < -0.39 is 11.9 Å². The number of ether oxygens (including phenoxy) is 1. The highest BCUT2D eigenvalue weighted by Crippen LogP contribution is 2.25. The van der Waals surface area contributed by atoms with Crippen LogP contribution in [0, 0.1) is 5.92 Å². The molecule has 0 unspecified atom stereocenters. The molecule has 12 heavy (non-hydrogen) atoms. The second-order valence-electron chi connectivity index (χ2n) is 1.93. The molecule has 0 aromatic carbocycles. The molecule has 0 rings (SSSR count). The predicted molar refractivity (Wildman–Crippen MR) is 49.8 cm³/mol. The zero-order valence-electron chi connectivity index (χ0n) is 6.35. The third-order valence-corrected chi connectivity index (χ3v) is 1.50. The minimum atomic E-state index is -0.883. The Balaban J connectivity index is 4.51. The predicted octanol–water partition coefficient (Wildman–Crippen LogP) is 2.79. The fourth-order valence-electron chi connectivity index (χ4n) is 0.576. The summed E-state index contributed by atoms with van der Waals surface area (Å²) in [6.07, 6.45) is 0.995. The van der Waals surface area contributed by atoms with E-state index in [1.807, 2.05) is 0 Å². The van der Waals surface area contributed by atoms with Gasteiger partial charge in [0.25, 0.3) is 0 Å². The minimum Gasteiger partial charge on any atom is -0.434 e. The van der Waals surface area contributed by atoms with Gasteiger partial charge in [-0.15, -0.1) is 0 Å². The van der Waals surface area contributed by atoms with E-state index in [0.717, 1.165) is 6.26 Å². The van der Waals surface area contributed by atoms with E-state index in [0.29, 0.717) is 0 Å². The van der Waals surface area contributed by atoms with Gasteiger partial charge in [-0.05, 0) is 0 Å². The first kappa shape index (κ1) is 11.3. The number of halogens is 2. The molecule has 0 aliphatic rings. The number of hydrogen-bond donors (Lipinski definition) is 0. The third kappa shape index (κ3) is 3.11. The van der Waals surface area contributed by atoms with Crippen LogP contribution in [0.2, 0.25) is 0 Å². The zero-order chi connectivity index (χ0) is 9.72. The molecule has 0 amide bonds. The van der Waals surface area contributed by atoms with E-state index in [1.165, 1.54) is 0 Å². The van der Waals surface area contributed by atoms with Gasteiger partial charge in [-0.2, -0.15) is 0 Å². The summed E-state index contributed by atoms with van der Waals surface area (Å²) in [5, 5.41) is 0.142. The molecule has 0 saturated carbocycles. The van der Waals surface area contributed by atoms with Gasteiger partial charge in [0.1, 0.15) is 5.92 Å². The summed E-state index contributed by atoms with van der Waals surface area (Å²) in [7, 11) is 0. The lowest BCUT2D eigenvalue weighted by atomic mass is 10.1. The Bertz CT molecular complexity index is 219. The van der Waals surface area contributed by atoms with Crippen LogP contribution in [0.1, 0.15) is 0 Å². The fourth-order valence-corrected chi connectivity index (χ4v) is 1.07. The second-order valence-corrected chi connectivity index (χ2v) is 2.90. The first-order valence-electron chi connectivity index (χ1n) is 3.00. The maximum Gasteiger partial charge on any atom is 0.324 e. The van der Waals surface area contributed by atoms with E-state index in [1.54, 1.807) is 0 Å². The Hall–Kier alpha value is -0.730. The maximum atomic E-state index is 11.0. The van der Waals surface area contributed by atoms with Crippen LogP contribution in [0.25, 0.3) is 0 Å². The summed E-state index contributed by atoms with van der Waals surface area (Å²) in [6, 6.07) is 0. The van der Waals surface area contributed by atoms with E-state index in [-0.39, 0.29) is 10.1 Å². The van der Waals surface area contributed by atoms with Crippen molar-refractivity contribution in [2.24, 2.45) is 5.92 Å². The topological polar surface area (TPSA) is 26.3 Å². The molecule has 0 spiro atoms. The Labute approximate surface area is 81.1 Å². The zero-order valence-corrected chi connectivity index (χ0v) is 7.86. The van der Waals surface area contributed by atoms with Crippen molar-refractivity contribution in [3.8, 4) is 0 Å². The van der Waals surface area contributed by atoms with Crippen LogP contribution in [0.15, 0.2) is 36.1 Å². The van der Waals surface area contributed by atoms with Crippen molar-refractivity contribution in [2.75, 3.05) is 0 Å². The highest BCUT2D eigenvalue weighted by Gasteiger charge is 2.23. The molecule has 0 fully saturated rings. The van der Waals surface area contributed by atoms with Gasteiger partial charge in [-0.1, -0.05) is 42.9 Å². The van der Waals surface area contributed by atoms with Crippen molar-refractivity contribution in [1.29, 1.82) is 0 Å².